The Labute approximate surface area is 83.0 Å². The Hall–Kier alpha value is -1.06. The van der Waals surface area contributed by atoms with Crippen LogP contribution in [-0.2, 0) is 0 Å². The fourth-order valence-corrected chi connectivity index (χ4v) is 1.71. The zero-order valence-corrected chi connectivity index (χ0v) is 8.27. The van der Waals surface area contributed by atoms with E-state index in [0.29, 0.717) is 11.3 Å². The number of rotatable bonds is 0. The summed E-state index contributed by atoms with van der Waals surface area (Å²) in [6, 6.07) is 7.22. The predicted molar refractivity (Wildman–Crippen MR) is 52.1 cm³/mol. The second-order valence-corrected chi connectivity index (χ2v) is 4.13. The molecule has 0 fully saturated rings. The molecule has 1 aliphatic rings. The van der Waals surface area contributed by atoms with Gasteiger partial charge < -0.3 is 14.9 Å². The number of ether oxygens (including phenoxy) is 1. The van der Waals surface area contributed by atoms with E-state index in [-0.39, 0.29) is 0 Å². The van der Waals surface area contributed by atoms with Crippen LogP contribution in [0.15, 0.2) is 24.3 Å². The molecule has 14 heavy (non-hydrogen) atoms. The molecule has 0 aliphatic carbocycles. The van der Waals surface area contributed by atoms with Gasteiger partial charge in [0.05, 0.1) is 0 Å². The highest BCUT2D eigenvalue weighted by Crippen LogP contribution is 2.39. The zero-order valence-electron chi connectivity index (χ0n) is 8.27. The molecule has 2 unspecified atom stereocenters. The molecule has 0 saturated heterocycles. The van der Waals surface area contributed by atoms with E-state index in [9.17, 15) is 10.2 Å². The first-order valence-electron chi connectivity index (χ1n) is 4.66. The second kappa shape index (κ2) is 2.97. The Bertz CT molecular complexity index is 346. The molecule has 0 spiro atoms. The summed E-state index contributed by atoms with van der Waals surface area (Å²) in [7, 11) is 0. The zero-order chi connectivity index (χ0) is 10.3. The maximum absolute atomic E-state index is 9.84. The van der Waals surface area contributed by atoms with Gasteiger partial charge in [-0.25, -0.2) is 0 Å². The van der Waals surface area contributed by atoms with E-state index < -0.39 is 17.8 Å². The van der Waals surface area contributed by atoms with Crippen molar-refractivity contribution in [2.45, 2.75) is 31.7 Å². The van der Waals surface area contributed by atoms with Crippen molar-refractivity contribution in [3.8, 4) is 5.75 Å². The van der Waals surface area contributed by atoms with Crippen LogP contribution < -0.4 is 4.74 Å². The van der Waals surface area contributed by atoms with Crippen molar-refractivity contribution in [2.24, 2.45) is 0 Å². The fourth-order valence-electron chi connectivity index (χ4n) is 1.71. The maximum atomic E-state index is 9.84. The average Bonchev–Trinajstić information content (AvgIpc) is 2.14. The summed E-state index contributed by atoms with van der Waals surface area (Å²) in [5.41, 5.74) is -0.0901. The average molecular weight is 194 g/mol. The topological polar surface area (TPSA) is 49.7 Å². The van der Waals surface area contributed by atoms with E-state index in [2.05, 4.69) is 0 Å². The molecular weight excluding hydrogens is 180 g/mol. The number of fused-ring (bicyclic) bond motifs is 1. The molecule has 1 aliphatic heterocycles. The van der Waals surface area contributed by atoms with Crippen LogP contribution in [0.4, 0.5) is 0 Å². The minimum Gasteiger partial charge on any atom is -0.485 e. The van der Waals surface area contributed by atoms with Gasteiger partial charge in [0.25, 0.3) is 0 Å². The van der Waals surface area contributed by atoms with Gasteiger partial charge in [0.15, 0.2) is 0 Å². The van der Waals surface area contributed by atoms with Gasteiger partial charge in [-0.2, -0.15) is 0 Å². The number of aliphatic hydroxyl groups is 2. The van der Waals surface area contributed by atoms with Gasteiger partial charge in [-0.3, -0.25) is 0 Å². The molecule has 76 valence electrons. The van der Waals surface area contributed by atoms with Gasteiger partial charge in [0.1, 0.15) is 23.6 Å². The molecule has 0 bridgehead atoms. The van der Waals surface area contributed by atoms with Crippen molar-refractivity contribution in [3.05, 3.63) is 29.8 Å². The van der Waals surface area contributed by atoms with Crippen LogP contribution >= 0.6 is 0 Å². The van der Waals surface area contributed by atoms with Crippen LogP contribution in [0.25, 0.3) is 0 Å². The molecule has 1 aromatic rings. The van der Waals surface area contributed by atoms with Gasteiger partial charge in [-0.1, -0.05) is 18.2 Å². The Balaban J connectivity index is 2.48. The standard InChI is InChI=1S/C11H14O3/c1-11(2)10(13)9(12)7-5-3-4-6-8(7)14-11/h3-6,9-10,12-13H,1-2H3. The highest BCUT2D eigenvalue weighted by Gasteiger charge is 2.41. The highest BCUT2D eigenvalue weighted by atomic mass is 16.5. The first-order valence-corrected chi connectivity index (χ1v) is 4.66. The van der Waals surface area contributed by atoms with Crippen molar-refractivity contribution in [3.63, 3.8) is 0 Å². The normalized spacial score (nSPS) is 29.1. The summed E-state index contributed by atoms with van der Waals surface area (Å²) >= 11 is 0. The summed E-state index contributed by atoms with van der Waals surface area (Å²) in [6.07, 6.45) is -1.76. The van der Waals surface area contributed by atoms with E-state index in [1.165, 1.54) is 0 Å². The van der Waals surface area contributed by atoms with Gasteiger partial charge in [-0.15, -0.1) is 0 Å². The van der Waals surface area contributed by atoms with Gasteiger partial charge in [-0.05, 0) is 19.9 Å². The monoisotopic (exact) mass is 194 g/mol. The molecule has 0 radical (unpaired) electrons. The van der Waals surface area contributed by atoms with Crippen LogP contribution in [0.3, 0.4) is 0 Å². The molecule has 1 aromatic carbocycles. The van der Waals surface area contributed by atoms with Crippen LogP contribution in [0, 0.1) is 0 Å². The first kappa shape index (κ1) is 9.49. The number of hydrogen-bond acceptors (Lipinski definition) is 3. The Morgan fingerprint density at radius 2 is 1.86 bits per heavy atom. The van der Waals surface area contributed by atoms with Crippen LogP contribution in [-0.4, -0.2) is 21.9 Å². The molecule has 0 aromatic heterocycles. The molecule has 0 amide bonds. The Morgan fingerprint density at radius 1 is 1.21 bits per heavy atom. The minimum absolute atomic E-state index is 0.648. The summed E-state index contributed by atoms with van der Waals surface area (Å²) in [5.74, 6) is 0.648. The number of hydrogen-bond donors (Lipinski definition) is 2. The molecule has 0 saturated carbocycles. The molecule has 2 N–H and O–H groups in total. The largest absolute Gasteiger partial charge is 0.485 e. The van der Waals surface area contributed by atoms with Crippen molar-refractivity contribution in [1.29, 1.82) is 0 Å². The predicted octanol–water partition coefficient (Wildman–Crippen LogP) is 1.25. The molecule has 2 atom stereocenters. The van der Waals surface area contributed by atoms with Gasteiger partial charge >= 0.3 is 0 Å². The first-order chi connectivity index (χ1) is 6.52. The van der Waals surface area contributed by atoms with Crippen LogP contribution in [0.5, 0.6) is 5.75 Å². The SMILES string of the molecule is CC1(C)Oc2ccccc2C(O)C1O. The van der Waals surface area contributed by atoms with E-state index in [1.807, 2.05) is 12.1 Å². The van der Waals surface area contributed by atoms with E-state index in [1.54, 1.807) is 26.0 Å². The molecular formula is C11H14O3. The van der Waals surface area contributed by atoms with Gasteiger partial charge in [0, 0.05) is 5.56 Å². The summed E-state index contributed by atoms with van der Waals surface area (Å²) in [6.45, 7) is 3.52. The summed E-state index contributed by atoms with van der Waals surface area (Å²) in [5, 5.41) is 19.6. The third-order valence-electron chi connectivity index (χ3n) is 2.62. The number of para-hydroxylation sites is 1. The molecule has 2 rings (SSSR count). The lowest BCUT2D eigenvalue weighted by Gasteiger charge is -2.39. The minimum atomic E-state index is -0.891. The van der Waals surface area contributed by atoms with E-state index >= 15 is 0 Å². The van der Waals surface area contributed by atoms with Crippen molar-refractivity contribution in [1.82, 2.24) is 0 Å². The van der Waals surface area contributed by atoms with E-state index in [4.69, 9.17) is 4.74 Å². The lowest BCUT2D eigenvalue weighted by Crippen LogP contribution is -2.48. The highest BCUT2D eigenvalue weighted by molar-refractivity contribution is 5.38. The Morgan fingerprint density at radius 3 is 2.57 bits per heavy atom. The third-order valence-corrected chi connectivity index (χ3v) is 2.62. The summed E-state index contributed by atoms with van der Waals surface area (Å²) < 4.78 is 5.59. The number of benzene rings is 1. The third kappa shape index (κ3) is 1.29. The quantitative estimate of drug-likeness (QED) is 0.653. The lowest BCUT2D eigenvalue weighted by molar-refractivity contribution is -0.111. The maximum Gasteiger partial charge on any atom is 0.132 e. The Kier molecular flexibility index (Phi) is 2.01. The molecule has 3 nitrogen and oxygen atoms in total. The smallest absolute Gasteiger partial charge is 0.132 e. The fraction of sp³-hybridized carbons (Fsp3) is 0.455. The summed E-state index contributed by atoms with van der Waals surface area (Å²) in [4.78, 5) is 0. The van der Waals surface area contributed by atoms with E-state index in [0.717, 1.165) is 0 Å². The van der Waals surface area contributed by atoms with Crippen molar-refractivity contribution < 1.29 is 14.9 Å². The van der Waals surface area contributed by atoms with Crippen molar-refractivity contribution >= 4 is 0 Å². The molecule has 1 heterocycles. The second-order valence-electron chi connectivity index (χ2n) is 4.13. The number of aliphatic hydroxyl groups excluding tert-OH is 2. The van der Waals surface area contributed by atoms with Crippen LogP contribution in [0.1, 0.15) is 25.5 Å². The van der Waals surface area contributed by atoms with Crippen molar-refractivity contribution in [2.75, 3.05) is 0 Å². The molecule has 3 heteroatoms. The van der Waals surface area contributed by atoms with Crippen LogP contribution in [0.2, 0.25) is 0 Å². The lowest BCUT2D eigenvalue weighted by atomic mass is 9.89. The van der Waals surface area contributed by atoms with Gasteiger partial charge in [0.2, 0.25) is 0 Å².